The molecule has 0 unspecified atom stereocenters. The average Bonchev–Trinajstić information content (AvgIpc) is 2.88. The maximum absolute atomic E-state index is 12.4. The summed E-state index contributed by atoms with van der Waals surface area (Å²) in [6.45, 7) is 0.371. The number of hydrogen-bond acceptors (Lipinski definition) is 4. The standard InChI is InChI=1S/C18H17F3N4O2/c1-11-15-7-14(8-22-16(15)25(2)24-11)23-17(26)13-5-3-12(4-6-13)9-27-10-18(19,20)21/h3-8H,9-10H2,1-2H3,(H,23,26). The molecule has 0 spiro atoms. The Kier molecular flexibility index (Phi) is 5.13. The number of carbonyl (C=O) groups is 1. The molecule has 0 fully saturated rings. The molecule has 9 heteroatoms. The van der Waals surface area contributed by atoms with Crippen molar-refractivity contribution < 1.29 is 22.7 Å². The lowest BCUT2D eigenvalue weighted by Gasteiger charge is -2.09. The number of nitrogens with one attached hydrogen (secondary N) is 1. The van der Waals surface area contributed by atoms with Crippen molar-refractivity contribution in [2.75, 3.05) is 11.9 Å². The fourth-order valence-corrected chi connectivity index (χ4v) is 2.62. The summed E-state index contributed by atoms with van der Waals surface area (Å²) in [5, 5.41) is 7.87. The first-order valence-electron chi connectivity index (χ1n) is 8.07. The second-order valence-electron chi connectivity index (χ2n) is 6.06. The number of hydrogen-bond donors (Lipinski definition) is 1. The fraction of sp³-hybridized carbons (Fsp3) is 0.278. The molecule has 2 heterocycles. The lowest BCUT2D eigenvalue weighted by molar-refractivity contribution is -0.176. The number of alkyl halides is 3. The topological polar surface area (TPSA) is 69.0 Å². The van der Waals surface area contributed by atoms with Gasteiger partial charge in [0.2, 0.25) is 0 Å². The van der Waals surface area contributed by atoms with E-state index in [1.54, 1.807) is 36.1 Å². The maximum Gasteiger partial charge on any atom is 0.411 e. The third-order valence-corrected chi connectivity index (χ3v) is 3.87. The Labute approximate surface area is 153 Å². The van der Waals surface area contributed by atoms with E-state index in [4.69, 9.17) is 0 Å². The van der Waals surface area contributed by atoms with Gasteiger partial charge in [-0.3, -0.25) is 9.48 Å². The fourth-order valence-electron chi connectivity index (χ4n) is 2.62. The third kappa shape index (κ3) is 4.62. The van der Waals surface area contributed by atoms with Crippen LogP contribution in [0, 0.1) is 6.92 Å². The molecule has 27 heavy (non-hydrogen) atoms. The molecular formula is C18H17F3N4O2. The van der Waals surface area contributed by atoms with Gasteiger partial charge in [-0.25, -0.2) is 4.98 Å². The zero-order chi connectivity index (χ0) is 19.6. The van der Waals surface area contributed by atoms with Crippen molar-refractivity contribution in [3.63, 3.8) is 0 Å². The number of anilines is 1. The van der Waals surface area contributed by atoms with Crippen LogP contribution in [0.15, 0.2) is 36.5 Å². The number of halogens is 3. The predicted octanol–water partition coefficient (Wildman–Crippen LogP) is 3.61. The summed E-state index contributed by atoms with van der Waals surface area (Å²) in [7, 11) is 1.79. The monoisotopic (exact) mass is 378 g/mol. The lowest BCUT2D eigenvalue weighted by Crippen LogP contribution is -2.16. The number of carbonyl (C=O) groups excluding carboxylic acids is 1. The molecule has 6 nitrogen and oxygen atoms in total. The quantitative estimate of drug-likeness (QED) is 0.737. The Morgan fingerprint density at radius 1 is 1.26 bits per heavy atom. The SMILES string of the molecule is Cc1nn(C)c2ncc(NC(=O)c3ccc(COCC(F)(F)F)cc3)cc12. The van der Waals surface area contributed by atoms with Crippen molar-refractivity contribution in [2.45, 2.75) is 19.7 Å². The number of aryl methyl sites for hydroxylation is 2. The highest BCUT2D eigenvalue weighted by Gasteiger charge is 2.27. The first-order chi connectivity index (χ1) is 12.7. The van der Waals surface area contributed by atoms with E-state index in [-0.39, 0.29) is 12.5 Å². The van der Waals surface area contributed by atoms with Crippen LogP contribution in [0.2, 0.25) is 0 Å². The van der Waals surface area contributed by atoms with Gasteiger partial charge < -0.3 is 10.1 Å². The van der Waals surface area contributed by atoms with Crippen molar-refractivity contribution in [3.05, 3.63) is 53.3 Å². The molecular weight excluding hydrogens is 361 g/mol. The van der Waals surface area contributed by atoms with E-state index in [9.17, 15) is 18.0 Å². The molecule has 0 saturated carbocycles. The summed E-state index contributed by atoms with van der Waals surface area (Å²) in [6.07, 6.45) is -2.82. The Morgan fingerprint density at radius 2 is 1.96 bits per heavy atom. The smallest absolute Gasteiger partial charge is 0.367 e. The van der Waals surface area contributed by atoms with E-state index in [2.05, 4.69) is 20.1 Å². The van der Waals surface area contributed by atoms with E-state index in [1.807, 2.05) is 6.92 Å². The van der Waals surface area contributed by atoms with Crippen molar-refractivity contribution >= 4 is 22.6 Å². The number of pyridine rings is 1. The van der Waals surface area contributed by atoms with Gasteiger partial charge in [0, 0.05) is 18.0 Å². The molecule has 0 aliphatic rings. The first-order valence-corrected chi connectivity index (χ1v) is 8.07. The summed E-state index contributed by atoms with van der Waals surface area (Å²) >= 11 is 0. The number of rotatable bonds is 5. The van der Waals surface area contributed by atoms with Crippen LogP contribution in [0.25, 0.3) is 11.0 Å². The second-order valence-corrected chi connectivity index (χ2v) is 6.06. The summed E-state index contributed by atoms with van der Waals surface area (Å²) in [6, 6.07) is 7.96. The van der Waals surface area contributed by atoms with Crippen LogP contribution in [0.4, 0.5) is 18.9 Å². The molecule has 142 valence electrons. The number of amides is 1. The van der Waals surface area contributed by atoms with Crippen molar-refractivity contribution in [1.82, 2.24) is 14.8 Å². The zero-order valence-corrected chi connectivity index (χ0v) is 14.7. The minimum Gasteiger partial charge on any atom is -0.367 e. The number of ether oxygens (including phenoxy) is 1. The number of nitrogens with zero attached hydrogens (tertiary/aromatic N) is 3. The average molecular weight is 378 g/mol. The van der Waals surface area contributed by atoms with Crippen molar-refractivity contribution in [2.24, 2.45) is 7.05 Å². The minimum atomic E-state index is -4.36. The Morgan fingerprint density at radius 3 is 2.63 bits per heavy atom. The number of aromatic nitrogens is 3. The van der Waals surface area contributed by atoms with Crippen LogP contribution in [-0.2, 0) is 18.4 Å². The van der Waals surface area contributed by atoms with Crippen molar-refractivity contribution in [3.8, 4) is 0 Å². The molecule has 1 aromatic carbocycles. The predicted molar refractivity (Wildman–Crippen MR) is 93.4 cm³/mol. The Bertz CT molecular complexity index is 965. The summed E-state index contributed by atoms with van der Waals surface area (Å²) in [5.74, 6) is -0.347. The van der Waals surface area contributed by atoms with E-state index >= 15 is 0 Å². The molecule has 0 bridgehead atoms. The first kappa shape index (κ1) is 18.8. The van der Waals surface area contributed by atoms with Gasteiger partial charge in [0.25, 0.3) is 5.91 Å². The Hall–Kier alpha value is -2.94. The lowest BCUT2D eigenvalue weighted by atomic mass is 10.1. The maximum atomic E-state index is 12.4. The van der Waals surface area contributed by atoms with Gasteiger partial charge in [-0.05, 0) is 30.7 Å². The van der Waals surface area contributed by atoms with Crippen molar-refractivity contribution in [1.29, 1.82) is 0 Å². The van der Waals surface area contributed by atoms with E-state index < -0.39 is 12.8 Å². The number of benzene rings is 1. The van der Waals surface area contributed by atoms with Crippen LogP contribution in [0.5, 0.6) is 0 Å². The van der Waals surface area contributed by atoms with E-state index in [0.717, 1.165) is 11.1 Å². The van der Waals surface area contributed by atoms with Crippen LogP contribution >= 0.6 is 0 Å². The summed E-state index contributed by atoms with van der Waals surface area (Å²) in [4.78, 5) is 16.7. The van der Waals surface area contributed by atoms with E-state index in [1.165, 1.54) is 12.1 Å². The molecule has 1 amide bonds. The normalized spacial score (nSPS) is 11.7. The third-order valence-electron chi connectivity index (χ3n) is 3.87. The second kappa shape index (κ2) is 7.36. The minimum absolute atomic E-state index is 0.178. The molecule has 3 rings (SSSR count). The van der Waals surface area contributed by atoms with Gasteiger partial charge in [-0.1, -0.05) is 12.1 Å². The largest absolute Gasteiger partial charge is 0.411 e. The van der Waals surface area contributed by atoms with Crippen LogP contribution < -0.4 is 5.32 Å². The van der Waals surface area contributed by atoms with Gasteiger partial charge in [0.1, 0.15) is 6.61 Å². The van der Waals surface area contributed by atoms with Gasteiger partial charge in [0.15, 0.2) is 5.65 Å². The molecule has 2 aromatic heterocycles. The van der Waals surface area contributed by atoms with Gasteiger partial charge in [-0.15, -0.1) is 0 Å². The van der Waals surface area contributed by atoms with Gasteiger partial charge in [0.05, 0.1) is 24.2 Å². The van der Waals surface area contributed by atoms with Crippen LogP contribution in [0.3, 0.4) is 0 Å². The Balaban J connectivity index is 1.65. The molecule has 0 atom stereocenters. The molecule has 0 saturated heterocycles. The number of fused-ring (bicyclic) bond motifs is 1. The van der Waals surface area contributed by atoms with Gasteiger partial charge in [-0.2, -0.15) is 18.3 Å². The van der Waals surface area contributed by atoms with Crippen LogP contribution in [-0.4, -0.2) is 33.5 Å². The summed E-state index contributed by atoms with van der Waals surface area (Å²) in [5.41, 5.74) is 2.97. The highest BCUT2D eigenvalue weighted by Crippen LogP contribution is 2.20. The molecule has 0 radical (unpaired) electrons. The van der Waals surface area contributed by atoms with Crippen LogP contribution in [0.1, 0.15) is 21.6 Å². The highest BCUT2D eigenvalue weighted by atomic mass is 19.4. The van der Waals surface area contributed by atoms with E-state index in [0.29, 0.717) is 22.5 Å². The van der Waals surface area contributed by atoms with Gasteiger partial charge >= 0.3 is 6.18 Å². The highest BCUT2D eigenvalue weighted by molar-refractivity contribution is 6.04. The molecule has 3 aromatic rings. The zero-order valence-electron chi connectivity index (χ0n) is 14.7. The summed E-state index contributed by atoms with van der Waals surface area (Å²) < 4.78 is 42.5. The molecule has 1 N–H and O–H groups in total. The molecule has 0 aliphatic heterocycles. The molecule has 0 aliphatic carbocycles.